The van der Waals surface area contributed by atoms with Crippen LogP contribution in [0.25, 0.3) is 0 Å². The Labute approximate surface area is 90.4 Å². The molecule has 0 amide bonds. The summed E-state index contributed by atoms with van der Waals surface area (Å²) in [6, 6.07) is 5.00. The monoisotopic (exact) mass is 313 g/mol. The SMILES string of the molecule is Cc1ccc(NS(=O)(=O)O)cc1I. The summed E-state index contributed by atoms with van der Waals surface area (Å²) in [6.07, 6.45) is 0. The van der Waals surface area contributed by atoms with Crippen molar-refractivity contribution in [1.29, 1.82) is 0 Å². The largest absolute Gasteiger partial charge is 0.357 e. The van der Waals surface area contributed by atoms with Gasteiger partial charge < -0.3 is 0 Å². The number of aryl methyl sites for hydroxylation is 1. The summed E-state index contributed by atoms with van der Waals surface area (Å²) in [4.78, 5) is 0. The van der Waals surface area contributed by atoms with E-state index in [0.717, 1.165) is 9.13 Å². The fourth-order valence-electron chi connectivity index (χ4n) is 0.805. The maximum Gasteiger partial charge on any atom is 0.357 e. The normalized spacial score (nSPS) is 11.3. The molecular formula is C7H8INO3S. The van der Waals surface area contributed by atoms with Crippen molar-refractivity contribution in [3.8, 4) is 0 Å². The van der Waals surface area contributed by atoms with Gasteiger partial charge in [0.2, 0.25) is 0 Å². The Balaban J connectivity index is 2.99. The Morgan fingerprint density at radius 2 is 2.08 bits per heavy atom. The molecule has 0 unspecified atom stereocenters. The van der Waals surface area contributed by atoms with Crippen molar-refractivity contribution in [1.82, 2.24) is 0 Å². The molecular weight excluding hydrogens is 305 g/mol. The van der Waals surface area contributed by atoms with Gasteiger partial charge in [0.25, 0.3) is 0 Å². The summed E-state index contributed by atoms with van der Waals surface area (Å²) in [5.74, 6) is 0. The van der Waals surface area contributed by atoms with E-state index in [2.05, 4.69) is 22.6 Å². The minimum Gasteiger partial charge on any atom is -0.269 e. The van der Waals surface area contributed by atoms with E-state index in [1.54, 1.807) is 18.2 Å². The van der Waals surface area contributed by atoms with Crippen molar-refractivity contribution < 1.29 is 13.0 Å². The number of rotatable bonds is 2. The highest BCUT2D eigenvalue weighted by Crippen LogP contribution is 2.17. The molecule has 4 nitrogen and oxygen atoms in total. The third kappa shape index (κ3) is 3.49. The van der Waals surface area contributed by atoms with Gasteiger partial charge in [-0.1, -0.05) is 6.07 Å². The molecule has 72 valence electrons. The van der Waals surface area contributed by atoms with Crippen LogP contribution in [0.2, 0.25) is 0 Å². The van der Waals surface area contributed by atoms with Crippen molar-refractivity contribution in [2.24, 2.45) is 0 Å². The van der Waals surface area contributed by atoms with Gasteiger partial charge in [-0.25, -0.2) is 0 Å². The molecule has 0 fully saturated rings. The van der Waals surface area contributed by atoms with E-state index in [4.69, 9.17) is 4.55 Å². The molecule has 0 aliphatic carbocycles. The number of hydrogen-bond acceptors (Lipinski definition) is 2. The van der Waals surface area contributed by atoms with E-state index in [0.29, 0.717) is 5.69 Å². The van der Waals surface area contributed by atoms with Crippen molar-refractivity contribution in [3.05, 3.63) is 27.3 Å². The first-order valence-electron chi connectivity index (χ1n) is 3.40. The van der Waals surface area contributed by atoms with Crippen molar-refractivity contribution in [2.75, 3.05) is 4.72 Å². The Hall–Kier alpha value is -0.340. The van der Waals surface area contributed by atoms with Gasteiger partial charge in [-0.05, 0) is 47.2 Å². The highest BCUT2D eigenvalue weighted by Gasteiger charge is 2.04. The summed E-state index contributed by atoms with van der Waals surface area (Å²) >= 11 is 2.09. The van der Waals surface area contributed by atoms with Crippen LogP contribution >= 0.6 is 22.6 Å². The quantitative estimate of drug-likeness (QED) is 0.646. The molecule has 1 aromatic carbocycles. The van der Waals surface area contributed by atoms with E-state index in [9.17, 15) is 8.42 Å². The number of halogens is 1. The second-order valence-corrected chi connectivity index (χ2v) is 4.86. The van der Waals surface area contributed by atoms with Crippen LogP contribution in [0, 0.1) is 10.5 Å². The third-order valence-electron chi connectivity index (χ3n) is 1.42. The second-order valence-electron chi connectivity index (χ2n) is 2.54. The van der Waals surface area contributed by atoms with E-state index in [1.807, 2.05) is 11.6 Å². The highest BCUT2D eigenvalue weighted by molar-refractivity contribution is 14.1. The lowest BCUT2D eigenvalue weighted by molar-refractivity contribution is 0.489. The molecule has 0 radical (unpaired) electrons. The van der Waals surface area contributed by atoms with Gasteiger partial charge in [0.05, 0.1) is 5.69 Å². The van der Waals surface area contributed by atoms with Crippen LogP contribution < -0.4 is 4.72 Å². The zero-order chi connectivity index (χ0) is 10.1. The van der Waals surface area contributed by atoms with Gasteiger partial charge in [-0.3, -0.25) is 9.27 Å². The second kappa shape index (κ2) is 3.81. The van der Waals surface area contributed by atoms with Crippen molar-refractivity contribution in [3.63, 3.8) is 0 Å². The number of nitrogens with one attached hydrogen (secondary N) is 1. The molecule has 0 aromatic heterocycles. The molecule has 0 bridgehead atoms. The number of anilines is 1. The maximum atomic E-state index is 10.4. The summed E-state index contributed by atoms with van der Waals surface area (Å²) in [5, 5.41) is 0. The molecule has 0 saturated carbocycles. The Morgan fingerprint density at radius 1 is 1.46 bits per heavy atom. The fourth-order valence-corrected chi connectivity index (χ4v) is 1.75. The molecule has 0 atom stereocenters. The number of hydrogen-bond donors (Lipinski definition) is 2. The Bertz CT molecular complexity index is 416. The van der Waals surface area contributed by atoms with E-state index >= 15 is 0 Å². The molecule has 0 spiro atoms. The molecule has 1 aromatic rings. The average Bonchev–Trinajstić information content (AvgIpc) is 1.94. The molecule has 2 N–H and O–H groups in total. The summed E-state index contributed by atoms with van der Waals surface area (Å²) in [6.45, 7) is 1.92. The van der Waals surface area contributed by atoms with Crippen molar-refractivity contribution >= 4 is 38.6 Å². The smallest absolute Gasteiger partial charge is 0.269 e. The van der Waals surface area contributed by atoms with Crippen LogP contribution in [0.3, 0.4) is 0 Å². The lowest BCUT2D eigenvalue weighted by atomic mass is 10.2. The van der Waals surface area contributed by atoms with E-state index < -0.39 is 10.3 Å². The van der Waals surface area contributed by atoms with Crippen LogP contribution in [0.4, 0.5) is 5.69 Å². The fraction of sp³-hybridized carbons (Fsp3) is 0.143. The molecule has 13 heavy (non-hydrogen) atoms. The predicted molar refractivity (Wildman–Crippen MR) is 59.1 cm³/mol. The summed E-state index contributed by atoms with van der Waals surface area (Å²) in [7, 11) is -4.16. The zero-order valence-corrected chi connectivity index (χ0v) is 9.76. The standard InChI is InChI=1S/C7H8INO3S/c1-5-2-3-6(4-7(5)8)9-13(10,11)12/h2-4,9H,1H3,(H,10,11,12). The van der Waals surface area contributed by atoms with Crippen LogP contribution in [-0.2, 0) is 10.3 Å². The van der Waals surface area contributed by atoms with Gasteiger partial charge in [0, 0.05) is 3.57 Å². The zero-order valence-electron chi connectivity index (χ0n) is 6.78. The summed E-state index contributed by atoms with van der Waals surface area (Å²) < 4.78 is 32.3. The summed E-state index contributed by atoms with van der Waals surface area (Å²) in [5.41, 5.74) is 1.42. The van der Waals surface area contributed by atoms with Crippen LogP contribution in [0.5, 0.6) is 0 Å². The van der Waals surface area contributed by atoms with Gasteiger partial charge in [0.1, 0.15) is 0 Å². The lowest BCUT2D eigenvalue weighted by Gasteiger charge is -2.04. The predicted octanol–water partition coefficient (Wildman–Crippen LogP) is 1.81. The Kier molecular flexibility index (Phi) is 3.14. The first kappa shape index (κ1) is 10.7. The number of benzene rings is 1. The van der Waals surface area contributed by atoms with Gasteiger partial charge in [0.15, 0.2) is 0 Å². The average molecular weight is 313 g/mol. The minimum atomic E-state index is -4.16. The minimum absolute atomic E-state index is 0.359. The van der Waals surface area contributed by atoms with Crippen LogP contribution in [-0.4, -0.2) is 13.0 Å². The van der Waals surface area contributed by atoms with Gasteiger partial charge in [-0.15, -0.1) is 0 Å². The van der Waals surface area contributed by atoms with Crippen LogP contribution in [0.15, 0.2) is 18.2 Å². The van der Waals surface area contributed by atoms with Gasteiger partial charge in [-0.2, -0.15) is 8.42 Å². The lowest BCUT2D eigenvalue weighted by Crippen LogP contribution is -2.10. The first-order valence-corrected chi connectivity index (χ1v) is 5.92. The molecule has 0 heterocycles. The topological polar surface area (TPSA) is 66.4 Å². The third-order valence-corrected chi connectivity index (χ3v) is 3.07. The molecule has 0 saturated heterocycles. The maximum absolute atomic E-state index is 10.4. The molecule has 0 aliphatic rings. The molecule has 0 aliphatic heterocycles. The van der Waals surface area contributed by atoms with E-state index in [1.165, 1.54) is 0 Å². The highest BCUT2D eigenvalue weighted by atomic mass is 127. The van der Waals surface area contributed by atoms with E-state index in [-0.39, 0.29) is 0 Å². The molecule has 1 rings (SSSR count). The molecule has 6 heteroatoms. The first-order chi connectivity index (χ1) is 5.88. The Morgan fingerprint density at radius 3 is 2.54 bits per heavy atom. The van der Waals surface area contributed by atoms with Crippen LogP contribution in [0.1, 0.15) is 5.56 Å². The van der Waals surface area contributed by atoms with Crippen molar-refractivity contribution in [2.45, 2.75) is 6.92 Å². The van der Waals surface area contributed by atoms with Gasteiger partial charge >= 0.3 is 10.3 Å².